The Balaban J connectivity index is 2.27. The van der Waals surface area contributed by atoms with Crippen molar-refractivity contribution in [2.45, 2.75) is 18.4 Å². The van der Waals surface area contributed by atoms with E-state index in [2.05, 4.69) is 0 Å². The molecule has 13 heavy (non-hydrogen) atoms. The summed E-state index contributed by atoms with van der Waals surface area (Å²) in [5, 5.41) is 9.24. The number of halogens is 1. The van der Waals surface area contributed by atoms with E-state index < -0.39 is 6.10 Å². The predicted octanol–water partition coefficient (Wildman–Crippen LogP) is 2.23. The Morgan fingerprint density at radius 2 is 2.00 bits per heavy atom. The second-order valence-electron chi connectivity index (χ2n) is 3.32. The van der Waals surface area contributed by atoms with E-state index in [4.69, 9.17) is 0 Å². The van der Waals surface area contributed by atoms with Gasteiger partial charge in [-0.3, -0.25) is 0 Å². The van der Waals surface area contributed by atoms with Crippen LogP contribution in [0, 0.1) is 5.82 Å². The quantitative estimate of drug-likeness (QED) is 0.654. The Labute approximate surface area is 76.5 Å². The lowest BCUT2D eigenvalue weighted by Gasteiger charge is -2.09. The maximum Gasteiger partial charge on any atom is 0.126 e. The van der Waals surface area contributed by atoms with Gasteiger partial charge in [-0.2, -0.15) is 0 Å². The molecule has 0 aromatic heterocycles. The maximum atomic E-state index is 13.3. The Morgan fingerprint density at radius 3 is 2.62 bits per heavy atom. The molecule has 0 saturated carbocycles. The normalized spacial score (nSPS) is 26.6. The number of hydrogen-bond donors (Lipinski definition) is 1. The minimum Gasteiger partial charge on any atom is -0.389 e. The molecule has 0 radical (unpaired) electrons. The monoisotopic (exact) mass is 178 g/mol. The van der Waals surface area contributed by atoms with Crippen molar-refractivity contribution in [1.82, 2.24) is 0 Å². The van der Waals surface area contributed by atoms with E-state index in [0.717, 1.165) is 0 Å². The van der Waals surface area contributed by atoms with E-state index in [-0.39, 0.29) is 11.7 Å². The first-order valence-corrected chi connectivity index (χ1v) is 4.38. The van der Waals surface area contributed by atoms with Crippen LogP contribution in [0.2, 0.25) is 0 Å². The molecule has 68 valence electrons. The highest BCUT2D eigenvalue weighted by Crippen LogP contribution is 2.29. The topological polar surface area (TPSA) is 20.2 Å². The third-order valence-corrected chi connectivity index (χ3v) is 2.37. The highest BCUT2D eigenvalue weighted by molar-refractivity contribution is 5.28. The first kappa shape index (κ1) is 8.45. The molecule has 2 unspecified atom stereocenters. The summed E-state index contributed by atoms with van der Waals surface area (Å²) in [5.41, 5.74) is 0.676. The summed E-state index contributed by atoms with van der Waals surface area (Å²) >= 11 is 0. The lowest BCUT2D eigenvalue weighted by atomic mass is 9.98. The van der Waals surface area contributed by atoms with Crippen molar-refractivity contribution in [3.8, 4) is 0 Å². The number of benzene rings is 1. The molecule has 2 rings (SSSR count). The first-order chi connectivity index (χ1) is 6.27. The molecule has 1 N–H and O–H groups in total. The molecule has 1 aromatic rings. The van der Waals surface area contributed by atoms with E-state index in [0.29, 0.717) is 12.0 Å². The molecular formula is C11H11FO. The third kappa shape index (κ3) is 1.63. The van der Waals surface area contributed by atoms with E-state index in [1.807, 2.05) is 12.1 Å². The molecule has 1 aliphatic carbocycles. The number of aliphatic hydroxyl groups excluding tert-OH is 1. The van der Waals surface area contributed by atoms with Crippen LogP contribution in [-0.2, 0) is 0 Å². The molecule has 0 spiro atoms. The van der Waals surface area contributed by atoms with Crippen molar-refractivity contribution < 1.29 is 9.50 Å². The minimum atomic E-state index is -0.412. The SMILES string of the molecule is OC1C=CC(c2ccccc2F)C1. The maximum absolute atomic E-state index is 13.3. The van der Waals surface area contributed by atoms with Crippen molar-refractivity contribution in [1.29, 1.82) is 0 Å². The zero-order chi connectivity index (χ0) is 9.26. The molecule has 1 aromatic carbocycles. The molecule has 0 saturated heterocycles. The first-order valence-electron chi connectivity index (χ1n) is 4.38. The molecule has 1 nitrogen and oxygen atoms in total. The predicted molar refractivity (Wildman–Crippen MR) is 48.9 cm³/mol. The van der Waals surface area contributed by atoms with Gasteiger partial charge >= 0.3 is 0 Å². The van der Waals surface area contributed by atoms with Crippen LogP contribution < -0.4 is 0 Å². The van der Waals surface area contributed by atoms with Crippen LogP contribution in [0.15, 0.2) is 36.4 Å². The molecule has 1 aliphatic rings. The van der Waals surface area contributed by atoms with E-state index in [1.165, 1.54) is 6.07 Å². The van der Waals surface area contributed by atoms with Crippen molar-refractivity contribution in [2.24, 2.45) is 0 Å². The third-order valence-electron chi connectivity index (χ3n) is 2.37. The van der Waals surface area contributed by atoms with Crippen LogP contribution in [0.5, 0.6) is 0 Å². The summed E-state index contributed by atoms with van der Waals surface area (Å²) in [6.45, 7) is 0. The average molecular weight is 178 g/mol. The highest BCUT2D eigenvalue weighted by atomic mass is 19.1. The molecule has 0 amide bonds. The zero-order valence-electron chi connectivity index (χ0n) is 7.15. The fraction of sp³-hybridized carbons (Fsp3) is 0.273. The van der Waals surface area contributed by atoms with Gasteiger partial charge in [0, 0.05) is 5.92 Å². The van der Waals surface area contributed by atoms with Gasteiger partial charge < -0.3 is 5.11 Å². The van der Waals surface area contributed by atoms with E-state index in [1.54, 1.807) is 18.2 Å². The highest BCUT2D eigenvalue weighted by Gasteiger charge is 2.20. The van der Waals surface area contributed by atoms with Crippen LogP contribution in [0.3, 0.4) is 0 Å². The van der Waals surface area contributed by atoms with Crippen LogP contribution in [0.4, 0.5) is 4.39 Å². The van der Waals surface area contributed by atoms with E-state index >= 15 is 0 Å². The van der Waals surface area contributed by atoms with Crippen LogP contribution in [0.25, 0.3) is 0 Å². The lowest BCUT2D eigenvalue weighted by molar-refractivity contribution is 0.218. The van der Waals surface area contributed by atoms with Gasteiger partial charge in [-0.1, -0.05) is 30.4 Å². The van der Waals surface area contributed by atoms with Gasteiger partial charge in [0.15, 0.2) is 0 Å². The number of hydrogen-bond acceptors (Lipinski definition) is 1. The van der Waals surface area contributed by atoms with Crippen molar-refractivity contribution in [3.63, 3.8) is 0 Å². The molecule has 2 atom stereocenters. The fourth-order valence-electron chi connectivity index (χ4n) is 1.69. The van der Waals surface area contributed by atoms with Gasteiger partial charge in [0.1, 0.15) is 5.82 Å². The standard InChI is InChI=1S/C11H11FO/c12-11-4-2-1-3-10(11)8-5-6-9(13)7-8/h1-6,8-9,13H,7H2. The summed E-state index contributed by atoms with van der Waals surface area (Å²) in [6, 6.07) is 6.71. The summed E-state index contributed by atoms with van der Waals surface area (Å²) in [4.78, 5) is 0. The fourth-order valence-corrected chi connectivity index (χ4v) is 1.69. The lowest BCUT2D eigenvalue weighted by Crippen LogP contribution is -2.02. The average Bonchev–Trinajstić information content (AvgIpc) is 2.53. The summed E-state index contributed by atoms with van der Waals surface area (Å²) in [5.74, 6) is -0.151. The summed E-state index contributed by atoms with van der Waals surface area (Å²) in [6.07, 6.45) is 3.77. The van der Waals surface area contributed by atoms with Gasteiger partial charge in [-0.25, -0.2) is 4.39 Å². The van der Waals surface area contributed by atoms with Crippen molar-refractivity contribution in [2.75, 3.05) is 0 Å². The van der Waals surface area contributed by atoms with E-state index in [9.17, 15) is 9.50 Å². The van der Waals surface area contributed by atoms with Crippen LogP contribution in [0.1, 0.15) is 17.9 Å². The van der Waals surface area contributed by atoms with Gasteiger partial charge in [0.2, 0.25) is 0 Å². The van der Waals surface area contributed by atoms with Crippen LogP contribution >= 0.6 is 0 Å². The number of allylic oxidation sites excluding steroid dienone is 1. The second-order valence-corrected chi connectivity index (χ2v) is 3.32. The molecule has 0 heterocycles. The van der Waals surface area contributed by atoms with Gasteiger partial charge in [0.25, 0.3) is 0 Å². The Hall–Kier alpha value is -1.15. The van der Waals surface area contributed by atoms with Crippen LogP contribution in [-0.4, -0.2) is 11.2 Å². The Kier molecular flexibility index (Phi) is 2.15. The summed E-state index contributed by atoms with van der Waals surface area (Å²) in [7, 11) is 0. The Bertz CT molecular complexity index is 333. The van der Waals surface area contributed by atoms with Crippen molar-refractivity contribution in [3.05, 3.63) is 47.8 Å². The molecule has 0 aliphatic heterocycles. The smallest absolute Gasteiger partial charge is 0.126 e. The second kappa shape index (κ2) is 3.30. The van der Waals surface area contributed by atoms with Gasteiger partial charge in [-0.05, 0) is 18.1 Å². The zero-order valence-corrected chi connectivity index (χ0v) is 7.15. The molecular weight excluding hydrogens is 167 g/mol. The van der Waals surface area contributed by atoms with Crippen molar-refractivity contribution >= 4 is 0 Å². The van der Waals surface area contributed by atoms with Gasteiger partial charge in [-0.15, -0.1) is 0 Å². The molecule has 0 bridgehead atoms. The Morgan fingerprint density at radius 1 is 1.23 bits per heavy atom. The number of aliphatic hydroxyl groups is 1. The molecule has 0 fully saturated rings. The number of rotatable bonds is 1. The minimum absolute atomic E-state index is 0.0381. The molecule has 2 heteroatoms. The summed E-state index contributed by atoms with van der Waals surface area (Å²) < 4.78 is 13.3. The van der Waals surface area contributed by atoms with Gasteiger partial charge in [0.05, 0.1) is 6.10 Å². The largest absolute Gasteiger partial charge is 0.389 e.